The number of hydrogen-bond donors (Lipinski definition) is 1. The molecule has 0 radical (unpaired) electrons. The summed E-state index contributed by atoms with van der Waals surface area (Å²) in [6.45, 7) is 1.95. The maximum atomic E-state index is 10.6. The lowest BCUT2D eigenvalue weighted by Gasteiger charge is -2.03. The van der Waals surface area contributed by atoms with Crippen LogP contribution in [0.25, 0.3) is 10.1 Å². The third-order valence-electron chi connectivity index (χ3n) is 2.46. The molecule has 0 saturated carbocycles. The van der Waals surface area contributed by atoms with E-state index in [1.165, 1.54) is 10.1 Å². The van der Waals surface area contributed by atoms with Gasteiger partial charge in [-0.2, -0.15) is 0 Å². The molecule has 0 amide bonds. The van der Waals surface area contributed by atoms with Crippen LogP contribution in [-0.2, 0) is 4.79 Å². The largest absolute Gasteiger partial charge is 0.481 e. The van der Waals surface area contributed by atoms with Crippen LogP contribution in [0.2, 0.25) is 0 Å². The van der Waals surface area contributed by atoms with Gasteiger partial charge in [0.1, 0.15) is 0 Å². The molecule has 0 saturated heterocycles. The summed E-state index contributed by atoms with van der Waals surface area (Å²) in [4.78, 5) is 11.8. The average molecular weight is 299 g/mol. The molecule has 2 rings (SSSR count). The van der Waals surface area contributed by atoms with Gasteiger partial charge in [-0.05, 0) is 29.7 Å². The zero-order valence-electron chi connectivity index (χ0n) is 8.74. The zero-order chi connectivity index (χ0) is 11.7. The molecule has 1 atom stereocenters. The maximum absolute atomic E-state index is 10.6. The fourth-order valence-electron chi connectivity index (χ4n) is 1.64. The van der Waals surface area contributed by atoms with Gasteiger partial charge >= 0.3 is 5.97 Å². The monoisotopic (exact) mass is 298 g/mol. The fraction of sp³-hybridized carbons (Fsp3) is 0.250. The predicted molar refractivity (Wildman–Crippen MR) is 70.2 cm³/mol. The summed E-state index contributed by atoms with van der Waals surface area (Å²) in [5.74, 6) is -0.667. The molecule has 1 aromatic carbocycles. The van der Waals surface area contributed by atoms with E-state index in [0.717, 1.165) is 9.35 Å². The summed E-state index contributed by atoms with van der Waals surface area (Å²) in [5, 5.41) is 9.93. The van der Waals surface area contributed by atoms with Gasteiger partial charge in [0.2, 0.25) is 0 Å². The molecular weight excluding hydrogens is 288 g/mol. The highest BCUT2D eigenvalue weighted by atomic mass is 79.9. The lowest BCUT2D eigenvalue weighted by atomic mass is 10.1. The molecule has 2 nitrogen and oxygen atoms in total. The molecule has 1 unspecified atom stereocenters. The first-order valence-corrected chi connectivity index (χ1v) is 6.58. The molecule has 4 heteroatoms. The van der Waals surface area contributed by atoms with Gasteiger partial charge in [0.15, 0.2) is 0 Å². The van der Waals surface area contributed by atoms with Crippen LogP contribution in [-0.4, -0.2) is 11.1 Å². The summed E-state index contributed by atoms with van der Waals surface area (Å²) in [7, 11) is 0. The Labute approximate surface area is 106 Å². The van der Waals surface area contributed by atoms with Gasteiger partial charge in [-0.1, -0.05) is 22.9 Å². The number of carbonyl (C=O) groups is 1. The van der Waals surface area contributed by atoms with Gasteiger partial charge in [0, 0.05) is 20.0 Å². The van der Waals surface area contributed by atoms with E-state index in [1.807, 2.05) is 13.0 Å². The van der Waals surface area contributed by atoms with Crippen molar-refractivity contribution < 1.29 is 9.90 Å². The van der Waals surface area contributed by atoms with Crippen molar-refractivity contribution in [2.24, 2.45) is 0 Å². The molecule has 1 N–H and O–H groups in total. The molecule has 2 aromatic rings. The highest BCUT2D eigenvalue weighted by Gasteiger charge is 2.13. The smallest absolute Gasteiger partial charge is 0.303 e. The standard InChI is InChI=1S/C12H11BrO2S/c1-7(4-12(14)15)11-6-8-5-9(13)2-3-10(8)16-11/h2-3,5-7H,4H2,1H3,(H,14,15). The van der Waals surface area contributed by atoms with Gasteiger partial charge in [0.25, 0.3) is 0 Å². The predicted octanol–water partition coefficient (Wildman–Crippen LogP) is 4.24. The Balaban J connectivity index is 2.35. The highest BCUT2D eigenvalue weighted by molar-refractivity contribution is 9.10. The SMILES string of the molecule is CC(CC(=O)O)c1cc2cc(Br)ccc2s1. The summed E-state index contributed by atoms with van der Waals surface area (Å²) >= 11 is 5.10. The number of fused-ring (bicyclic) bond motifs is 1. The van der Waals surface area contributed by atoms with Gasteiger partial charge < -0.3 is 5.11 Å². The van der Waals surface area contributed by atoms with E-state index in [4.69, 9.17) is 5.11 Å². The number of benzene rings is 1. The summed E-state index contributed by atoms with van der Waals surface area (Å²) < 4.78 is 2.26. The number of halogens is 1. The highest BCUT2D eigenvalue weighted by Crippen LogP contribution is 2.33. The van der Waals surface area contributed by atoms with Gasteiger partial charge in [-0.25, -0.2) is 0 Å². The topological polar surface area (TPSA) is 37.3 Å². The third kappa shape index (κ3) is 2.44. The minimum atomic E-state index is -0.744. The van der Waals surface area contributed by atoms with E-state index in [-0.39, 0.29) is 12.3 Å². The summed E-state index contributed by atoms with van der Waals surface area (Å²) in [5.41, 5.74) is 0. The maximum Gasteiger partial charge on any atom is 0.303 e. The van der Waals surface area contributed by atoms with Crippen LogP contribution < -0.4 is 0 Å². The van der Waals surface area contributed by atoms with Crippen LogP contribution in [0.4, 0.5) is 0 Å². The summed E-state index contributed by atoms with van der Waals surface area (Å²) in [6.07, 6.45) is 0.188. The van der Waals surface area contributed by atoms with Gasteiger partial charge in [-0.3, -0.25) is 4.79 Å². The van der Waals surface area contributed by atoms with E-state index in [1.54, 1.807) is 11.3 Å². The Bertz CT molecular complexity index is 533. The van der Waals surface area contributed by atoms with Crippen molar-refractivity contribution in [3.63, 3.8) is 0 Å². The Morgan fingerprint density at radius 1 is 1.50 bits per heavy atom. The van der Waals surface area contributed by atoms with Crippen LogP contribution in [0.5, 0.6) is 0 Å². The third-order valence-corrected chi connectivity index (χ3v) is 4.30. The Hall–Kier alpha value is -0.870. The lowest BCUT2D eigenvalue weighted by molar-refractivity contribution is -0.137. The van der Waals surface area contributed by atoms with Gasteiger partial charge in [0.05, 0.1) is 6.42 Å². The van der Waals surface area contributed by atoms with Crippen molar-refractivity contribution in [3.05, 3.63) is 33.6 Å². The molecule has 84 valence electrons. The van der Waals surface area contributed by atoms with Crippen molar-refractivity contribution in [2.75, 3.05) is 0 Å². The van der Waals surface area contributed by atoms with Crippen molar-refractivity contribution in [2.45, 2.75) is 19.3 Å². The number of thiophene rings is 1. The fourth-order valence-corrected chi connectivity index (χ4v) is 3.12. The first-order chi connectivity index (χ1) is 7.56. The van der Waals surface area contributed by atoms with E-state index < -0.39 is 5.97 Å². The Morgan fingerprint density at radius 3 is 2.94 bits per heavy atom. The van der Waals surface area contributed by atoms with Crippen LogP contribution in [0.3, 0.4) is 0 Å². The molecule has 0 spiro atoms. The van der Waals surface area contributed by atoms with E-state index in [0.29, 0.717) is 0 Å². The second-order valence-electron chi connectivity index (χ2n) is 3.83. The molecule has 16 heavy (non-hydrogen) atoms. The van der Waals surface area contributed by atoms with Crippen LogP contribution in [0.15, 0.2) is 28.7 Å². The van der Waals surface area contributed by atoms with Crippen LogP contribution in [0, 0.1) is 0 Å². The molecule has 0 aliphatic carbocycles. The minimum absolute atomic E-state index is 0.0775. The Kier molecular flexibility index (Phi) is 3.30. The summed E-state index contributed by atoms with van der Waals surface area (Å²) in [6, 6.07) is 8.20. The number of rotatable bonds is 3. The van der Waals surface area contributed by atoms with E-state index >= 15 is 0 Å². The number of carboxylic acids is 1. The molecule has 0 aliphatic rings. The normalized spacial score (nSPS) is 12.9. The first-order valence-electron chi connectivity index (χ1n) is 4.97. The van der Waals surface area contributed by atoms with Crippen molar-refractivity contribution in [1.29, 1.82) is 0 Å². The molecule has 0 fully saturated rings. The second kappa shape index (κ2) is 4.55. The van der Waals surface area contributed by atoms with Crippen LogP contribution >= 0.6 is 27.3 Å². The molecular formula is C12H11BrO2S. The van der Waals surface area contributed by atoms with Crippen molar-refractivity contribution in [3.8, 4) is 0 Å². The second-order valence-corrected chi connectivity index (χ2v) is 5.86. The Morgan fingerprint density at radius 2 is 2.25 bits per heavy atom. The van der Waals surface area contributed by atoms with Gasteiger partial charge in [-0.15, -0.1) is 11.3 Å². The molecule has 1 aromatic heterocycles. The van der Waals surface area contributed by atoms with E-state index in [9.17, 15) is 4.79 Å². The van der Waals surface area contributed by atoms with Crippen molar-refractivity contribution in [1.82, 2.24) is 0 Å². The van der Waals surface area contributed by atoms with Crippen molar-refractivity contribution >= 4 is 43.3 Å². The number of aliphatic carboxylic acids is 1. The zero-order valence-corrected chi connectivity index (χ0v) is 11.1. The quantitative estimate of drug-likeness (QED) is 0.920. The molecule has 0 aliphatic heterocycles. The number of carboxylic acid groups (broad SMARTS) is 1. The number of hydrogen-bond acceptors (Lipinski definition) is 2. The molecule has 0 bridgehead atoms. The van der Waals surface area contributed by atoms with Crippen LogP contribution in [0.1, 0.15) is 24.1 Å². The van der Waals surface area contributed by atoms with E-state index in [2.05, 4.69) is 34.1 Å². The average Bonchev–Trinajstić information content (AvgIpc) is 2.59. The minimum Gasteiger partial charge on any atom is -0.481 e. The molecule has 1 heterocycles. The lowest BCUT2D eigenvalue weighted by Crippen LogP contribution is -2.00. The first kappa shape index (κ1) is 11.6.